The van der Waals surface area contributed by atoms with Gasteiger partial charge < -0.3 is 9.47 Å². The van der Waals surface area contributed by atoms with Gasteiger partial charge in [-0.3, -0.25) is 9.80 Å². The van der Waals surface area contributed by atoms with Crippen molar-refractivity contribution in [1.82, 2.24) is 9.80 Å². The molecule has 7 nitrogen and oxygen atoms in total. The number of nitriles is 1. The van der Waals surface area contributed by atoms with E-state index in [1.807, 2.05) is 65.8 Å². The number of nitrogens with zero attached hydrogens (tertiary/aromatic N) is 3. The van der Waals surface area contributed by atoms with Crippen LogP contribution in [0.5, 0.6) is 0 Å². The third kappa shape index (κ3) is 7.46. The lowest BCUT2D eigenvalue weighted by Gasteiger charge is -2.24. The summed E-state index contributed by atoms with van der Waals surface area (Å²) in [6.07, 6.45) is -0.554. The standard InChI is InChI=1S/C14H16N2O2.C13H16BrNO2/c1-14(2,3)18-13(17)16-8-11-5-4-10(7-15)6-12(11)9-16;1-13(2,3)17-12(16)15-7-9-4-5-11(14)6-10(9)8-15/h4-6H,8-9H2,1-3H3;4-6H,7-8H2,1-3H3. The van der Waals surface area contributed by atoms with Gasteiger partial charge >= 0.3 is 12.2 Å². The van der Waals surface area contributed by atoms with E-state index in [4.69, 9.17) is 14.7 Å². The highest BCUT2D eigenvalue weighted by Gasteiger charge is 2.28. The monoisotopic (exact) mass is 541 g/mol. The molecule has 0 N–H and O–H groups in total. The van der Waals surface area contributed by atoms with Crippen molar-refractivity contribution >= 4 is 28.1 Å². The summed E-state index contributed by atoms with van der Waals surface area (Å²) >= 11 is 3.44. The van der Waals surface area contributed by atoms with Gasteiger partial charge in [-0.15, -0.1) is 0 Å². The maximum atomic E-state index is 11.9. The van der Waals surface area contributed by atoms with Crippen LogP contribution in [0.15, 0.2) is 40.9 Å². The minimum absolute atomic E-state index is 0.246. The maximum Gasteiger partial charge on any atom is 0.410 e. The first-order valence-electron chi connectivity index (χ1n) is 11.5. The molecule has 2 amide bonds. The second-order valence-electron chi connectivity index (χ2n) is 10.7. The van der Waals surface area contributed by atoms with Crippen molar-refractivity contribution in [3.05, 3.63) is 68.7 Å². The maximum absolute atomic E-state index is 11.9. The summed E-state index contributed by atoms with van der Waals surface area (Å²) in [6, 6.07) is 13.7. The SMILES string of the molecule is CC(C)(C)OC(=O)N1Cc2ccc(Br)cc2C1.CC(C)(C)OC(=O)N1Cc2ccc(C#N)cc2C1. The zero-order valence-corrected chi connectivity index (χ0v) is 22.7. The molecule has 0 saturated carbocycles. The summed E-state index contributed by atoms with van der Waals surface area (Å²) in [6.45, 7) is 13.5. The highest BCUT2D eigenvalue weighted by Crippen LogP contribution is 2.27. The third-order valence-electron chi connectivity index (χ3n) is 5.25. The largest absolute Gasteiger partial charge is 0.444 e. The van der Waals surface area contributed by atoms with Gasteiger partial charge in [-0.05, 0) is 88.1 Å². The van der Waals surface area contributed by atoms with Crippen LogP contribution in [0.3, 0.4) is 0 Å². The minimum atomic E-state index is -0.482. The molecular weight excluding hydrogens is 510 g/mol. The van der Waals surface area contributed by atoms with Crippen LogP contribution in [-0.2, 0) is 35.7 Å². The Morgan fingerprint density at radius 2 is 1.20 bits per heavy atom. The second kappa shape index (κ2) is 10.3. The summed E-state index contributed by atoms with van der Waals surface area (Å²) in [5.74, 6) is 0. The molecule has 186 valence electrons. The number of benzene rings is 2. The van der Waals surface area contributed by atoms with Crippen molar-refractivity contribution in [3.63, 3.8) is 0 Å². The number of hydrogen-bond donors (Lipinski definition) is 0. The number of fused-ring (bicyclic) bond motifs is 2. The number of hydrogen-bond acceptors (Lipinski definition) is 5. The average Bonchev–Trinajstić information content (AvgIpc) is 3.35. The Kier molecular flexibility index (Phi) is 7.80. The van der Waals surface area contributed by atoms with Gasteiger partial charge in [0.05, 0.1) is 11.6 Å². The van der Waals surface area contributed by atoms with Crippen LogP contribution in [0.25, 0.3) is 0 Å². The van der Waals surface area contributed by atoms with E-state index in [0.717, 1.165) is 15.6 Å². The number of rotatable bonds is 0. The molecule has 0 atom stereocenters. The highest BCUT2D eigenvalue weighted by atomic mass is 79.9. The van der Waals surface area contributed by atoms with Gasteiger partial charge in [-0.25, -0.2) is 9.59 Å². The summed E-state index contributed by atoms with van der Waals surface area (Å²) in [5.41, 5.74) is 4.19. The first-order chi connectivity index (χ1) is 16.2. The van der Waals surface area contributed by atoms with E-state index in [1.54, 1.807) is 15.9 Å². The molecule has 2 aliphatic heterocycles. The molecule has 2 aromatic carbocycles. The number of amides is 2. The Hall–Kier alpha value is -3.05. The Bertz CT molecular complexity index is 1160. The van der Waals surface area contributed by atoms with Crippen molar-refractivity contribution in [3.8, 4) is 6.07 Å². The molecule has 8 heteroatoms. The molecule has 4 rings (SSSR count). The van der Waals surface area contributed by atoms with E-state index < -0.39 is 11.2 Å². The summed E-state index contributed by atoms with van der Waals surface area (Å²) in [4.78, 5) is 27.2. The van der Waals surface area contributed by atoms with Crippen molar-refractivity contribution in [2.45, 2.75) is 78.9 Å². The lowest BCUT2D eigenvalue weighted by Crippen LogP contribution is -2.33. The summed E-state index contributed by atoms with van der Waals surface area (Å²) in [5, 5.41) is 8.84. The molecule has 0 radical (unpaired) electrons. The second-order valence-corrected chi connectivity index (χ2v) is 11.6. The van der Waals surface area contributed by atoms with Crippen LogP contribution in [0.1, 0.15) is 69.4 Å². The summed E-state index contributed by atoms with van der Waals surface area (Å²) in [7, 11) is 0. The van der Waals surface area contributed by atoms with Gasteiger partial charge in [0.2, 0.25) is 0 Å². The first-order valence-corrected chi connectivity index (χ1v) is 12.3. The topological polar surface area (TPSA) is 82.9 Å². The Morgan fingerprint density at radius 3 is 1.66 bits per heavy atom. The van der Waals surface area contributed by atoms with Crippen LogP contribution < -0.4 is 0 Å². The number of carbonyl (C=O) groups is 2. The predicted octanol–water partition coefficient (Wildman–Crippen LogP) is 6.51. The Labute approximate surface area is 215 Å². The molecule has 0 spiro atoms. The smallest absolute Gasteiger partial charge is 0.410 e. The van der Waals surface area contributed by atoms with E-state index in [2.05, 4.69) is 28.1 Å². The van der Waals surface area contributed by atoms with Crippen LogP contribution in [0.4, 0.5) is 9.59 Å². The van der Waals surface area contributed by atoms with Crippen molar-refractivity contribution in [2.24, 2.45) is 0 Å². The number of halogens is 1. The third-order valence-corrected chi connectivity index (χ3v) is 5.75. The van der Waals surface area contributed by atoms with Crippen molar-refractivity contribution in [1.29, 1.82) is 5.26 Å². The fourth-order valence-electron chi connectivity index (χ4n) is 3.74. The first kappa shape index (κ1) is 26.6. The molecule has 2 aromatic rings. The molecular formula is C27H32BrN3O4. The van der Waals surface area contributed by atoms with E-state index >= 15 is 0 Å². The Balaban J connectivity index is 0.000000196. The molecule has 2 heterocycles. The van der Waals surface area contributed by atoms with Gasteiger partial charge in [0.1, 0.15) is 11.2 Å². The van der Waals surface area contributed by atoms with Crippen LogP contribution in [0, 0.1) is 11.3 Å². The van der Waals surface area contributed by atoms with E-state index in [9.17, 15) is 9.59 Å². The molecule has 0 bridgehead atoms. The van der Waals surface area contributed by atoms with Crippen LogP contribution >= 0.6 is 15.9 Å². The van der Waals surface area contributed by atoms with Crippen molar-refractivity contribution in [2.75, 3.05) is 0 Å². The van der Waals surface area contributed by atoms with Crippen molar-refractivity contribution < 1.29 is 19.1 Å². The fourth-order valence-corrected chi connectivity index (χ4v) is 4.15. The predicted molar refractivity (Wildman–Crippen MR) is 136 cm³/mol. The quantitative estimate of drug-likeness (QED) is 0.379. The lowest BCUT2D eigenvalue weighted by atomic mass is 10.1. The van der Waals surface area contributed by atoms with E-state index in [0.29, 0.717) is 31.7 Å². The van der Waals surface area contributed by atoms with E-state index in [-0.39, 0.29) is 12.2 Å². The molecule has 35 heavy (non-hydrogen) atoms. The molecule has 0 unspecified atom stereocenters. The van der Waals surface area contributed by atoms with Gasteiger partial charge in [0.25, 0.3) is 0 Å². The highest BCUT2D eigenvalue weighted by molar-refractivity contribution is 9.10. The van der Waals surface area contributed by atoms with Gasteiger partial charge in [0.15, 0.2) is 0 Å². The number of ether oxygens (including phenoxy) is 2. The zero-order valence-electron chi connectivity index (χ0n) is 21.1. The molecule has 0 aliphatic carbocycles. The Morgan fingerprint density at radius 1 is 0.771 bits per heavy atom. The minimum Gasteiger partial charge on any atom is -0.444 e. The zero-order chi connectivity index (χ0) is 26.0. The summed E-state index contributed by atoms with van der Waals surface area (Å²) < 4.78 is 11.7. The van der Waals surface area contributed by atoms with Crippen LogP contribution in [0.2, 0.25) is 0 Å². The number of carbonyl (C=O) groups excluding carboxylic acids is 2. The average molecular weight is 542 g/mol. The van der Waals surface area contributed by atoms with Gasteiger partial charge in [-0.1, -0.05) is 28.1 Å². The fraction of sp³-hybridized carbons (Fsp3) is 0.444. The van der Waals surface area contributed by atoms with Gasteiger partial charge in [0, 0.05) is 30.7 Å². The normalized spacial score (nSPS) is 14.3. The van der Waals surface area contributed by atoms with E-state index in [1.165, 1.54) is 11.1 Å². The van der Waals surface area contributed by atoms with Crippen LogP contribution in [-0.4, -0.2) is 33.2 Å². The lowest BCUT2D eigenvalue weighted by molar-refractivity contribution is 0.0232. The molecule has 0 aromatic heterocycles. The molecule has 2 aliphatic rings. The van der Waals surface area contributed by atoms with Gasteiger partial charge in [-0.2, -0.15) is 5.26 Å². The molecule has 0 saturated heterocycles. The molecule has 0 fully saturated rings.